The lowest BCUT2D eigenvalue weighted by atomic mass is 10.0. The Hall–Kier alpha value is -1.10. The summed E-state index contributed by atoms with van der Waals surface area (Å²) < 4.78 is 0. The first kappa shape index (κ1) is 16.9. The van der Waals surface area contributed by atoms with Crippen molar-refractivity contribution in [3.8, 4) is 0 Å². The third-order valence-corrected chi connectivity index (χ3v) is 2.74. The summed E-state index contributed by atoms with van der Waals surface area (Å²) in [6.45, 7) is 6.54. The Balaban J connectivity index is 3.70. The second-order valence-corrected chi connectivity index (χ2v) is 4.88. The maximum absolute atomic E-state index is 11.7. The molecule has 0 aromatic carbocycles. The van der Waals surface area contributed by atoms with Crippen LogP contribution in [0.15, 0.2) is 0 Å². The van der Waals surface area contributed by atoms with Gasteiger partial charge in [-0.15, -0.1) is 0 Å². The maximum atomic E-state index is 11.7. The highest BCUT2D eigenvalue weighted by Gasteiger charge is 2.13. The van der Waals surface area contributed by atoms with Crippen LogP contribution >= 0.6 is 0 Å². The van der Waals surface area contributed by atoms with E-state index < -0.39 is 0 Å². The van der Waals surface area contributed by atoms with Gasteiger partial charge in [0.2, 0.25) is 11.8 Å². The number of rotatable bonds is 9. The zero-order valence-corrected chi connectivity index (χ0v) is 11.8. The molecule has 0 saturated carbocycles. The Morgan fingerprint density at radius 3 is 2.39 bits per heavy atom. The first-order valence-corrected chi connectivity index (χ1v) is 6.77. The molecule has 0 saturated heterocycles. The topological polar surface area (TPSA) is 84.2 Å². The fourth-order valence-electron chi connectivity index (χ4n) is 1.55. The average molecular weight is 257 g/mol. The van der Waals surface area contributed by atoms with Crippen molar-refractivity contribution in [2.75, 3.05) is 13.1 Å². The summed E-state index contributed by atoms with van der Waals surface area (Å²) in [5, 5.41) is 5.36. The van der Waals surface area contributed by atoms with Crippen LogP contribution in [0.25, 0.3) is 0 Å². The Morgan fingerprint density at radius 2 is 1.83 bits per heavy atom. The molecule has 0 fully saturated rings. The summed E-state index contributed by atoms with van der Waals surface area (Å²) >= 11 is 0. The molecule has 0 aliphatic heterocycles. The van der Waals surface area contributed by atoms with Gasteiger partial charge in [-0.1, -0.05) is 20.3 Å². The molecule has 0 radical (unpaired) electrons. The molecule has 4 N–H and O–H groups in total. The standard InChI is InChI=1S/C13H27N3O2/c1-4-8-15-12(17)9-16-13(18)10(2)6-5-7-11(3)14/h10-11H,4-9,14H2,1-3H3,(H,15,17)(H,16,18). The zero-order chi connectivity index (χ0) is 14.0. The number of hydrogen-bond acceptors (Lipinski definition) is 3. The number of carbonyl (C=O) groups is 2. The molecule has 0 aromatic rings. The summed E-state index contributed by atoms with van der Waals surface area (Å²) in [5.41, 5.74) is 5.65. The van der Waals surface area contributed by atoms with Crippen LogP contribution in [0, 0.1) is 5.92 Å². The fourth-order valence-corrected chi connectivity index (χ4v) is 1.55. The van der Waals surface area contributed by atoms with Gasteiger partial charge in [0.1, 0.15) is 0 Å². The van der Waals surface area contributed by atoms with Crippen molar-refractivity contribution in [1.82, 2.24) is 10.6 Å². The number of carbonyl (C=O) groups excluding carboxylic acids is 2. The van der Waals surface area contributed by atoms with E-state index in [1.165, 1.54) is 0 Å². The van der Waals surface area contributed by atoms with E-state index in [9.17, 15) is 9.59 Å². The molecule has 2 amide bonds. The van der Waals surface area contributed by atoms with E-state index in [1.807, 2.05) is 20.8 Å². The van der Waals surface area contributed by atoms with Crippen LogP contribution in [-0.2, 0) is 9.59 Å². The quantitative estimate of drug-likeness (QED) is 0.571. The first-order chi connectivity index (χ1) is 8.47. The molecule has 0 spiro atoms. The van der Waals surface area contributed by atoms with Crippen LogP contribution in [0.4, 0.5) is 0 Å². The van der Waals surface area contributed by atoms with Crippen LogP contribution in [0.5, 0.6) is 0 Å². The number of hydrogen-bond donors (Lipinski definition) is 3. The number of amides is 2. The molecular weight excluding hydrogens is 230 g/mol. The zero-order valence-electron chi connectivity index (χ0n) is 11.8. The second kappa shape index (κ2) is 9.88. The third-order valence-electron chi connectivity index (χ3n) is 2.74. The minimum Gasteiger partial charge on any atom is -0.355 e. The van der Waals surface area contributed by atoms with Gasteiger partial charge < -0.3 is 16.4 Å². The largest absolute Gasteiger partial charge is 0.355 e. The molecule has 0 aliphatic rings. The Labute approximate surface area is 110 Å². The molecule has 0 aromatic heterocycles. The lowest BCUT2D eigenvalue weighted by molar-refractivity contribution is -0.128. The Morgan fingerprint density at radius 1 is 1.17 bits per heavy atom. The van der Waals surface area contributed by atoms with E-state index in [0.29, 0.717) is 6.54 Å². The van der Waals surface area contributed by atoms with E-state index in [1.54, 1.807) is 0 Å². The summed E-state index contributed by atoms with van der Waals surface area (Å²) in [6, 6.07) is 0.181. The van der Waals surface area contributed by atoms with Crippen LogP contribution in [0.2, 0.25) is 0 Å². The molecule has 0 aliphatic carbocycles. The van der Waals surface area contributed by atoms with Crippen molar-refractivity contribution in [1.29, 1.82) is 0 Å². The van der Waals surface area contributed by atoms with Crippen LogP contribution in [-0.4, -0.2) is 30.9 Å². The van der Waals surface area contributed by atoms with Gasteiger partial charge in [0.15, 0.2) is 0 Å². The Kier molecular flexibility index (Phi) is 9.28. The highest BCUT2D eigenvalue weighted by atomic mass is 16.2. The summed E-state index contributed by atoms with van der Waals surface area (Å²) in [5.74, 6) is -0.262. The number of nitrogens with one attached hydrogen (secondary N) is 2. The van der Waals surface area contributed by atoms with E-state index in [0.717, 1.165) is 25.7 Å². The molecule has 0 heterocycles. The second-order valence-electron chi connectivity index (χ2n) is 4.88. The van der Waals surface area contributed by atoms with Crippen molar-refractivity contribution >= 4 is 11.8 Å². The first-order valence-electron chi connectivity index (χ1n) is 6.77. The fraction of sp³-hybridized carbons (Fsp3) is 0.846. The van der Waals surface area contributed by atoms with Crippen LogP contribution < -0.4 is 16.4 Å². The summed E-state index contributed by atoms with van der Waals surface area (Å²) in [4.78, 5) is 23.0. The molecule has 2 unspecified atom stereocenters. The van der Waals surface area contributed by atoms with Gasteiger partial charge in [0.25, 0.3) is 0 Å². The molecule has 5 nitrogen and oxygen atoms in total. The highest BCUT2D eigenvalue weighted by Crippen LogP contribution is 2.08. The van der Waals surface area contributed by atoms with E-state index in [4.69, 9.17) is 5.73 Å². The monoisotopic (exact) mass is 257 g/mol. The number of nitrogens with two attached hydrogens (primary N) is 1. The van der Waals surface area contributed by atoms with Gasteiger partial charge >= 0.3 is 0 Å². The molecule has 18 heavy (non-hydrogen) atoms. The van der Waals surface area contributed by atoms with Crippen LogP contribution in [0.3, 0.4) is 0 Å². The van der Waals surface area contributed by atoms with Gasteiger partial charge in [-0.3, -0.25) is 9.59 Å². The van der Waals surface area contributed by atoms with Crippen molar-refractivity contribution in [2.24, 2.45) is 11.7 Å². The predicted octanol–water partition coefficient (Wildman–Crippen LogP) is 0.782. The smallest absolute Gasteiger partial charge is 0.239 e. The minimum atomic E-state index is -0.131. The third kappa shape index (κ3) is 8.98. The van der Waals surface area contributed by atoms with Gasteiger partial charge in [0, 0.05) is 18.5 Å². The highest BCUT2D eigenvalue weighted by molar-refractivity contribution is 5.85. The van der Waals surface area contributed by atoms with Crippen molar-refractivity contribution in [2.45, 2.75) is 52.5 Å². The SMILES string of the molecule is CCCNC(=O)CNC(=O)C(C)CCCC(C)N. The molecular formula is C13H27N3O2. The van der Waals surface area contributed by atoms with Crippen LogP contribution in [0.1, 0.15) is 46.5 Å². The average Bonchev–Trinajstić information content (AvgIpc) is 2.32. The molecule has 2 atom stereocenters. The minimum absolute atomic E-state index is 0.0636. The van der Waals surface area contributed by atoms with E-state index in [-0.39, 0.29) is 30.3 Å². The lowest BCUT2D eigenvalue weighted by Gasteiger charge is -2.12. The van der Waals surface area contributed by atoms with Gasteiger partial charge in [0.05, 0.1) is 6.54 Å². The Bertz CT molecular complexity index is 255. The molecule has 106 valence electrons. The van der Waals surface area contributed by atoms with Crippen molar-refractivity contribution in [3.63, 3.8) is 0 Å². The molecule has 0 bridgehead atoms. The molecule has 5 heteroatoms. The summed E-state index contributed by atoms with van der Waals surface area (Å²) in [7, 11) is 0. The normalized spacial score (nSPS) is 13.8. The van der Waals surface area contributed by atoms with Crippen molar-refractivity contribution in [3.05, 3.63) is 0 Å². The maximum Gasteiger partial charge on any atom is 0.239 e. The van der Waals surface area contributed by atoms with Crippen molar-refractivity contribution < 1.29 is 9.59 Å². The molecule has 0 rings (SSSR count). The van der Waals surface area contributed by atoms with Gasteiger partial charge in [-0.05, 0) is 26.2 Å². The van der Waals surface area contributed by atoms with E-state index >= 15 is 0 Å². The van der Waals surface area contributed by atoms with Gasteiger partial charge in [-0.25, -0.2) is 0 Å². The predicted molar refractivity (Wildman–Crippen MR) is 73.0 cm³/mol. The van der Waals surface area contributed by atoms with Gasteiger partial charge in [-0.2, -0.15) is 0 Å². The lowest BCUT2D eigenvalue weighted by Crippen LogP contribution is -2.39. The summed E-state index contributed by atoms with van der Waals surface area (Å²) in [6.07, 6.45) is 3.57. The van der Waals surface area contributed by atoms with E-state index in [2.05, 4.69) is 10.6 Å².